The highest BCUT2D eigenvalue weighted by atomic mass is 35.5. The third-order valence-electron chi connectivity index (χ3n) is 2.69. The number of halogens is 2. The van der Waals surface area contributed by atoms with Gasteiger partial charge in [-0.05, 0) is 25.1 Å². The Hall–Kier alpha value is -1.63. The molecule has 0 aliphatic rings. The second-order valence-corrected chi connectivity index (χ2v) is 5.94. The Balaban J connectivity index is 2.15. The van der Waals surface area contributed by atoms with Crippen LogP contribution in [-0.2, 0) is 4.79 Å². The van der Waals surface area contributed by atoms with Crippen molar-refractivity contribution in [3.8, 4) is 0 Å². The zero-order chi connectivity index (χ0) is 15.6. The van der Waals surface area contributed by atoms with E-state index in [0.717, 1.165) is 11.3 Å². The minimum absolute atomic E-state index is 0.0737. The van der Waals surface area contributed by atoms with Gasteiger partial charge in [0.2, 0.25) is 5.91 Å². The van der Waals surface area contributed by atoms with Crippen LogP contribution >= 0.6 is 34.5 Å². The van der Waals surface area contributed by atoms with Crippen molar-refractivity contribution in [1.29, 1.82) is 0 Å². The third kappa shape index (κ3) is 3.72. The van der Waals surface area contributed by atoms with E-state index in [1.807, 2.05) is 0 Å². The Morgan fingerprint density at radius 1 is 1.38 bits per heavy atom. The van der Waals surface area contributed by atoms with E-state index >= 15 is 0 Å². The van der Waals surface area contributed by atoms with Crippen molar-refractivity contribution < 1.29 is 14.7 Å². The molecule has 0 fully saturated rings. The Kier molecular flexibility index (Phi) is 4.82. The molecule has 0 aliphatic carbocycles. The second kappa shape index (κ2) is 6.43. The van der Waals surface area contributed by atoms with Crippen molar-refractivity contribution in [1.82, 2.24) is 4.98 Å². The van der Waals surface area contributed by atoms with Crippen LogP contribution in [0.5, 0.6) is 0 Å². The van der Waals surface area contributed by atoms with E-state index in [2.05, 4.69) is 10.3 Å². The van der Waals surface area contributed by atoms with Gasteiger partial charge in [0.15, 0.2) is 5.69 Å². The van der Waals surface area contributed by atoms with Gasteiger partial charge < -0.3 is 10.4 Å². The fourth-order valence-corrected chi connectivity index (χ4v) is 2.72. The smallest absolute Gasteiger partial charge is 0.355 e. The predicted octanol–water partition coefficient (Wildman–Crippen LogP) is 3.89. The molecule has 2 aromatic rings. The van der Waals surface area contributed by atoms with Crippen LogP contribution in [0.3, 0.4) is 0 Å². The Bertz CT molecular complexity index is 702. The molecule has 2 N–H and O–H groups in total. The number of carboxylic acid groups (broad SMARTS) is 1. The quantitative estimate of drug-likeness (QED) is 0.881. The SMILES string of the molecule is C[C@H](C(=O)Nc1cc(Cl)ccc1Cl)c1nc(C(=O)O)cs1. The van der Waals surface area contributed by atoms with Crippen molar-refractivity contribution in [3.05, 3.63) is 44.3 Å². The Morgan fingerprint density at radius 2 is 2.10 bits per heavy atom. The highest BCUT2D eigenvalue weighted by molar-refractivity contribution is 7.10. The summed E-state index contributed by atoms with van der Waals surface area (Å²) in [7, 11) is 0. The molecule has 0 unspecified atom stereocenters. The van der Waals surface area contributed by atoms with Crippen LogP contribution in [0.2, 0.25) is 10.0 Å². The number of amides is 1. The van der Waals surface area contributed by atoms with Crippen molar-refractivity contribution in [3.63, 3.8) is 0 Å². The van der Waals surface area contributed by atoms with Gasteiger partial charge in [-0.1, -0.05) is 23.2 Å². The van der Waals surface area contributed by atoms with Crippen LogP contribution in [0.4, 0.5) is 5.69 Å². The first kappa shape index (κ1) is 15.8. The normalized spacial score (nSPS) is 12.0. The van der Waals surface area contributed by atoms with Crippen molar-refractivity contribution >= 4 is 52.1 Å². The molecular weight excluding hydrogens is 335 g/mol. The van der Waals surface area contributed by atoms with Gasteiger partial charge in [-0.2, -0.15) is 0 Å². The number of aromatic nitrogens is 1. The standard InChI is InChI=1S/C13H10Cl2N2O3S/c1-6(12-17-10(5-21-12)13(19)20)11(18)16-9-4-7(14)2-3-8(9)15/h2-6H,1H3,(H,16,18)(H,19,20)/t6-/m1/s1. The number of benzene rings is 1. The summed E-state index contributed by atoms with van der Waals surface area (Å²) in [6.45, 7) is 1.64. The van der Waals surface area contributed by atoms with Crippen LogP contribution in [0.1, 0.15) is 28.3 Å². The first-order chi connectivity index (χ1) is 9.88. The summed E-state index contributed by atoms with van der Waals surface area (Å²) < 4.78 is 0. The van der Waals surface area contributed by atoms with Crippen molar-refractivity contribution in [2.24, 2.45) is 0 Å². The highest BCUT2D eigenvalue weighted by Gasteiger charge is 2.21. The number of nitrogens with zero attached hydrogens (tertiary/aromatic N) is 1. The van der Waals surface area contributed by atoms with Gasteiger partial charge >= 0.3 is 5.97 Å². The lowest BCUT2D eigenvalue weighted by Gasteiger charge is -2.11. The molecule has 1 aromatic heterocycles. The van der Waals surface area contributed by atoms with Crippen molar-refractivity contribution in [2.45, 2.75) is 12.8 Å². The van der Waals surface area contributed by atoms with E-state index in [1.165, 1.54) is 5.38 Å². The number of thiazole rings is 1. The molecule has 1 heterocycles. The summed E-state index contributed by atoms with van der Waals surface area (Å²) >= 11 is 12.9. The lowest BCUT2D eigenvalue weighted by molar-refractivity contribution is -0.117. The average molecular weight is 345 g/mol. The van der Waals surface area contributed by atoms with Gasteiger partial charge in [0.25, 0.3) is 0 Å². The fraction of sp³-hybridized carbons (Fsp3) is 0.154. The molecule has 8 heteroatoms. The molecule has 110 valence electrons. The number of aromatic carboxylic acids is 1. The molecule has 0 saturated carbocycles. The number of hydrogen-bond acceptors (Lipinski definition) is 4. The predicted molar refractivity (Wildman–Crippen MR) is 82.6 cm³/mol. The number of carboxylic acids is 1. The zero-order valence-electron chi connectivity index (χ0n) is 10.8. The number of rotatable bonds is 4. The summed E-state index contributed by atoms with van der Waals surface area (Å²) in [6, 6.07) is 4.73. The van der Waals surface area contributed by atoms with E-state index in [1.54, 1.807) is 25.1 Å². The van der Waals surface area contributed by atoms with Gasteiger partial charge in [0.1, 0.15) is 5.01 Å². The molecular formula is C13H10Cl2N2O3S. The third-order valence-corrected chi connectivity index (χ3v) is 4.28. The maximum Gasteiger partial charge on any atom is 0.355 e. The summed E-state index contributed by atoms with van der Waals surface area (Å²) in [6.07, 6.45) is 0. The number of hydrogen-bond donors (Lipinski definition) is 2. The van der Waals surface area contributed by atoms with Crippen LogP contribution in [-0.4, -0.2) is 22.0 Å². The first-order valence-corrected chi connectivity index (χ1v) is 7.46. The highest BCUT2D eigenvalue weighted by Crippen LogP contribution is 2.27. The lowest BCUT2D eigenvalue weighted by atomic mass is 10.1. The number of carbonyl (C=O) groups excluding carboxylic acids is 1. The first-order valence-electron chi connectivity index (χ1n) is 5.83. The maximum absolute atomic E-state index is 12.2. The van der Waals surface area contributed by atoms with Gasteiger partial charge in [-0.25, -0.2) is 9.78 Å². The molecule has 1 aromatic carbocycles. The zero-order valence-corrected chi connectivity index (χ0v) is 13.1. The van der Waals surface area contributed by atoms with Gasteiger partial charge in [0, 0.05) is 10.4 Å². The van der Waals surface area contributed by atoms with E-state index in [-0.39, 0.29) is 11.6 Å². The van der Waals surface area contributed by atoms with Gasteiger partial charge in [-0.15, -0.1) is 11.3 Å². The minimum Gasteiger partial charge on any atom is -0.476 e. The largest absolute Gasteiger partial charge is 0.476 e. The second-order valence-electron chi connectivity index (χ2n) is 4.21. The maximum atomic E-state index is 12.2. The molecule has 1 atom stereocenters. The Morgan fingerprint density at radius 3 is 2.71 bits per heavy atom. The Labute approximate surface area is 134 Å². The summed E-state index contributed by atoms with van der Waals surface area (Å²) in [5.41, 5.74) is 0.325. The van der Waals surface area contributed by atoms with E-state index in [4.69, 9.17) is 28.3 Å². The average Bonchev–Trinajstić information content (AvgIpc) is 2.91. The molecule has 21 heavy (non-hydrogen) atoms. The van der Waals surface area contributed by atoms with Crippen LogP contribution in [0, 0.1) is 0 Å². The van der Waals surface area contributed by atoms with E-state index in [0.29, 0.717) is 20.7 Å². The van der Waals surface area contributed by atoms with E-state index < -0.39 is 11.9 Å². The molecule has 0 spiro atoms. The number of anilines is 1. The monoisotopic (exact) mass is 344 g/mol. The molecule has 1 amide bonds. The summed E-state index contributed by atoms with van der Waals surface area (Å²) in [5, 5.41) is 14.1. The van der Waals surface area contributed by atoms with Crippen molar-refractivity contribution in [2.75, 3.05) is 5.32 Å². The van der Waals surface area contributed by atoms with Crippen LogP contribution in [0.25, 0.3) is 0 Å². The number of nitrogens with one attached hydrogen (secondary N) is 1. The molecule has 5 nitrogen and oxygen atoms in total. The topological polar surface area (TPSA) is 79.3 Å². The summed E-state index contributed by atoms with van der Waals surface area (Å²) in [5.74, 6) is -2.06. The molecule has 0 radical (unpaired) electrons. The number of carbonyl (C=O) groups is 2. The van der Waals surface area contributed by atoms with E-state index in [9.17, 15) is 9.59 Å². The van der Waals surface area contributed by atoms with Crippen LogP contribution in [0.15, 0.2) is 23.6 Å². The fourth-order valence-electron chi connectivity index (χ4n) is 1.53. The summed E-state index contributed by atoms with van der Waals surface area (Å²) in [4.78, 5) is 26.9. The van der Waals surface area contributed by atoms with Gasteiger partial charge in [0.05, 0.1) is 16.6 Å². The molecule has 0 aliphatic heterocycles. The minimum atomic E-state index is -1.12. The molecule has 0 saturated heterocycles. The van der Waals surface area contributed by atoms with Crippen LogP contribution < -0.4 is 5.32 Å². The van der Waals surface area contributed by atoms with Gasteiger partial charge in [-0.3, -0.25) is 4.79 Å². The lowest BCUT2D eigenvalue weighted by Crippen LogP contribution is -2.19. The molecule has 0 bridgehead atoms. The molecule has 2 rings (SSSR count).